The third-order valence-corrected chi connectivity index (χ3v) is 8.09. The fourth-order valence-corrected chi connectivity index (χ4v) is 6.22. The van der Waals surface area contributed by atoms with Gasteiger partial charge in [-0.2, -0.15) is 4.31 Å². The second kappa shape index (κ2) is 7.04. The predicted molar refractivity (Wildman–Crippen MR) is 103 cm³/mol. The van der Waals surface area contributed by atoms with E-state index in [4.69, 9.17) is 9.47 Å². The van der Waals surface area contributed by atoms with Gasteiger partial charge in [-0.25, -0.2) is 8.42 Å². The van der Waals surface area contributed by atoms with E-state index in [9.17, 15) is 8.42 Å². The largest absolute Gasteiger partial charge is 0.497 e. The molecule has 1 unspecified atom stereocenters. The number of ether oxygens (including phenoxy) is 2. The van der Waals surface area contributed by atoms with Crippen molar-refractivity contribution in [3.8, 4) is 11.5 Å². The molecular formula is C19H26N4O4S. The summed E-state index contributed by atoms with van der Waals surface area (Å²) in [6, 6.07) is 4.86. The summed E-state index contributed by atoms with van der Waals surface area (Å²) in [5.41, 5.74) is -0.0564. The molecule has 9 heteroatoms. The lowest BCUT2D eigenvalue weighted by Crippen LogP contribution is -2.38. The third-order valence-electron chi connectivity index (χ3n) is 6.25. The summed E-state index contributed by atoms with van der Waals surface area (Å²) in [6.07, 6.45) is 4.86. The number of sulfonamides is 1. The van der Waals surface area contributed by atoms with Crippen molar-refractivity contribution in [1.29, 1.82) is 0 Å². The monoisotopic (exact) mass is 406 g/mol. The standard InChI is InChI=1S/C19H26N4O4S/c1-4-22-13-20-21-18(22)15-11-23(12-19(15)8-5-9-19)28(24,25)17-10-14(26-2)6-7-16(17)27-3/h6-7,10,13,15H,4-5,8-9,11-12H2,1-3H3. The topological polar surface area (TPSA) is 86.6 Å². The SMILES string of the molecule is CCn1cnnc1C1CN(S(=O)(=O)c2cc(OC)ccc2OC)CC12CCC2. The summed E-state index contributed by atoms with van der Waals surface area (Å²) >= 11 is 0. The predicted octanol–water partition coefficient (Wildman–Crippen LogP) is 2.27. The molecule has 1 atom stereocenters. The van der Waals surface area contributed by atoms with Crippen LogP contribution in [0.15, 0.2) is 29.4 Å². The Balaban J connectivity index is 1.72. The molecule has 1 aromatic heterocycles. The van der Waals surface area contributed by atoms with Gasteiger partial charge in [0.25, 0.3) is 0 Å². The average Bonchev–Trinajstić information content (AvgIpc) is 3.31. The summed E-state index contributed by atoms with van der Waals surface area (Å²) in [7, 11) is -0.738. The van der Waals surface area contributed by atoms with E-state index in [1.165, 1.54) is 20.3 Å². The molecule has 1 aromatic carbocycles. The lowest BCUT2D eigenvalue weighted by Gasteiger charge is -2.42. The van der Waals surface area contributed by atoms with Crippen LogP contribution in [-0.2, 0) is 16.6 Å². The van der Waals surface area contributed by atoms with Crippen LogP contribution in [0.4, 0.5) is 0 Å². The second-order valence-corrected chi connectivity index (χ2v) is 9.46. The Hall–Kier alpha value is -2.13. The Morgan fingerprint density at radius 2 is 2.04 bits per heavy atom. The van der Waals surface area contributed by atoms with Crippen LogP contribution in [0.5, 0.6) is 11.5 Å². The zero-order valence-electron chi connectivity index (χ0n) is 16.5. The van der Waals surface area contributed by atoms with E-state index in [-0.39, 0.29) is 16.2 Å². The van der Waals surface area contributed by atoms with Gasteiger partial charge < -0.3 is 14.0 Å². The van der Waals surface area contributed by atoms with Gasteiger partial charge in [-0.3, -0.25) is 0 Å². The van der Waals surface area contributed by atoms with E-state index in [1.54, 1.807) is 22.8 Å². The van der Waals surface area contributed by atoms with Gasteiger partial charge in [-0.1, -0.05) is 6.42 Å². The van der Waals surface area contributed by atoms with Crippen molar-refractivity contribution >= 4 is 10.0 Å². The molecule has 8 nitrogen and oxygen atoms in total. The van der Waals surface area contributed by atoms with Gasteiger partial charge in [0.15, 0.2) is 0 Å². The third kappa shape index (κ3) is 2.88. The van der Waals surface area contributed by atoms with Crippen molar-refractivity contribution in [3.05, 3.63) is 30.4 Å². The lowest BCUT2D eigenvalue weighted by atomic mass is 9.62. The van der Waals surface area contributed by atoms with E-state index in [2.05, 4.69) is 10.2 Å². The van der Waals surface area contributed by atoms with Crippen LogP contribution in [0.2, 0.25) is 0 Å². The molecule has 152 valence electrons. The lowest BCUT2D eigenvalue weighted by molar-refractivity contribution is 0.125. The first-order chi connectivity index (χ1) is 13.4. The van der Waals surface area contributed by atoms with Gasteiger partial charge in [-0.05, 0) is 37.3 Å². The number of hydrogen-bond acceptors (Lipinski definition) is 6. The van der Waals surface area contributed by atoms with E-state index >= 15 is 0 Å². The number of benzene rings is 1. The van der Waals surface area contributed by atoms with E-state index in [0.717, 1.165) is 31.6 Å². The molecule has 1 saturated heterocycles. The molecule has 0 amide bonds. The molecule has 0 N–H and O–H groups in total. The minimum Gasteiger partial charge on any atom is -0.497 e. The number of methoxy groups -OCH3 is 2. The zero-order valence-corrected chi connectivity index (χ0v) is 17.3. The van der Waals surface area contributed by atoms with Crippen LogP contribution < -0.4 is 9.47 Å². The Morgan fingerprint density at radius 3 is 2.64 bits per heavy atom. The molecule has 1 saturated carbocycles. The molecule has 1 aliphatic heterocycles. The first-order valence-electron chi connectivity index (χ1n) is 9.55. The molecule has 2 aliphatic rings. The smallest absolute Gasteiger partial charge is 0.246 e. The maximum Gasteiger partial charge on any atom is 0.246 e. The van der Waals surface area contributed by atoms with Crippen molar-refractivity contribution in [1.82, 2.24) is 19.1 Å². The molecule has 1 aliphatic carbocycles. The van der Waals surface area contributed by atoms with Gasteiger partial charge in [0.05, 0.1) is 14.2 Å². The van der Waals surface area contributed by atoms with Gasteiger partial charge in [0.2, 0.25) is 10.0 Å². The molecule has 2 fully saturated rings. The second-order valence-electron chi connectivity index (χ2n) is 7.56. The van der Waals surface area contributed by atoms with Gasteiger partial charge in [0.1, 0.15) is 28.5 Å². The highest BCUT2D eigenvalue weighted by Gasteiger charge is 2.55. The van der Waals surface area contributed by atoms with Crippen LogP contribution in [0.3, 0.4) is 0 Å². The van der Waals surface area contributed by atoms with Crippen molar-refractivity contribution in [2.24, 2.45) is 5.41 Å². The molecule has 2 aromatic rings. The molecule has 4 rings (SSSR count). The van der Waals surface area contributed by atoms with Crippen LogP contribution in [-0.4, -0.2) is 54.8 Å². The molecule has 1 spiro atoms. The van der Waals surface area contributed by atoms with Crippen LogP contribution in [0, 0.1) is 5.41 Å². The maximum absolute atomic E-state index is 13.5. The zero-order chi connectivity index (χ0) is 19.9. The summed E-state index contributed by atoms with van der Waals surface area (Å²) in [6.45, 7) is 3.72. The fourth-order valence-electron chi connectivity index (χ4n) is 4.50. The summed E-state index contributed by atoms with van der Waals surface area (Å²) in [4.78, 5) is 0.140. The van der Waals surface area contributed by atoms with Crippen molar-refractivity contribution in [2.75, 3.05) is 27.3 Å². The van der Waals surface area contributed by atoms with Crippen LogP contribution in [0.25, 0.3) is 0 Å². The Kier molecular flexibility index (Phi) is 4.83. The van der Waals surface area contributed by atoms with Gasteiger partial charge >= 0.3 is 0 Å². The first kappa shape index (κ1) is 19.2. The van der Waals surface area contributed by atoms with Gasteiger partial charge in [-0.15, -0.1) is 10.2 Å². The van der Waals surface area contributed by atoms with Crippen LogP contribution >= 0.6 is 0 Å². The minimum absolute atomic E-state index is 0.0510. The number of aryl methyl sites for hydroxylation is 1. The number of nitrogens with zero attached hydrogens (tertiary/aromatic N) is 4. The number of aromatic nitrogens is 3. The number of hydrogen-bond donors (Lipinski definition) is 0. The fraction of sp³-hybridized carbons (Fsp3) is 0.579. The van der Waals surface area contributed by atoms with E-state index < -0.39 is 10.0 Å². The van der Waals surface area contributed by atoms with Crippen LogP contribution in [0.1, 0.15) is 37.9 Å². The quantitative estimate of drug-likeness (QED) is 0.731. The van der Waals surface area contributed by atoms with Crippen molar-refractivity contribution in [3.63, 3.8) is 0 Å². The Morgan fingerprint density at radius 1 is 1.25 bits per heavy atom. The van der Waals surface area contributed by atoms with Crippen molar-refractivity contribution in [2.45, 2.75) is 43.5 Å². The highest BCUT2D eigenvalue weighted by molar-refractivity contribution is 7.89. The highest BCUT2D eigenvalue weighted by atomic mass is 32.2. The van der Waals surface area contributed by atoms with Crippen molar-refractivity contribution < 1.29 is 17.9 Å². The molecular weight excluding hydrogens is 380 g/mol. The molecule has 2 heterocycles. The Bertz CT molecular complexity index is 968. The summed E-state index contributed by atoms with van der Waals surface area (Å²) in [5.74, 6) is 1.75. The van der Waals surface area contributed by atoms with Gasteiger partial charge in [0, 0.05) is 31.6 Å². The summed E-state index contributed by atoms with van der Waals surface area (Å²) < 4.78 is 41.2. The molecule has 28 heavy (non-hydrogen) atoms. The summed E-state index contributed by atoms with van der Waals surface area (Å²) in [5, 5.41) is 8.41. The number of rotatable bonds is 6. The highest BCUT2D eigenvalue weighted by Crippen LogP contribution is 2.56. The Labute approximate surface area is 165 Å². The molecule has 0 radical (unpaired) electrons. The first-order valence-corrected chi connectivity index (χ1v) is 11.0. The minimum atomic E-state index is -3.73. The normalized spacial score (nSPS) is 21.6. The van der Waals surface area contributed by atoms with E-state index in [1.807, 2.05) is 11.5 Å². The van der Waals surface area contributed by atoms with E-state index in [0.29, 0.717) is 24.6 Å². The molecule has 0 bridgehead atoms. The average molecular weight is 407 g/mol. The maximum atomic E-state index is 13.5.